The lowest BCUT2D eigenvalue weighted by Crippen LogP contribution is -2.34. The van der Waals surface area contributed by atoms with Crippen molar-refractivity contribution < 1.29 is 36.7 Å². The van der Waals surface area contributed by atoms with Crippen LogP contribution in [0.1, 0.15) is 18.1 Å². The van der Waals surface area contributed by atoms with Gasteiger partial charge >= 0.3 is 7.82 Å². The van der Waals surface area contributed by atoms with E-state index in [-0.39, 0.29) is 25.7 Å². The predicted octanol–water partition coefficient (Wildman–Crippen LogP) is 6.56. The van der Waals surface area contributed by atoms with E-state index in [9.17, 15) is 14.7 Å². The van der Waals surface area contributed by atoms with Crippen LogP contribution in [0.3, 0.4) is 0 Å². The van der Waals surface area contributed by atoms with Gasteiger partial charge in [0.1, 0.15) is 24.2 Å². The van der Waals surface area contributed by atoms with Crippen molar-refractivity contribution in [3.8, 4) is 11.5 Å². The van der Waals surface area contributed by atoms with Crippen molar-refractivity contribution in [3.63, 3.8) is 0 Å². The van der Waals surface area contributed by atoms with Gasteiger partial charge in [0.15, 0.2) is 6.79 Å². The number of hydrogen-bond donors (Lipinski definition) is 0. The van der Waals surface area contributed by atoms with E-state index in [4.69, 9.17) is 27.2 Å². The average Bonchev–Trinajstić information content (AvgIpc) is 2.98. The van der Waals surface area contributed by atoms with Crippen LogP contribution in [0, 0.1) is 10.1 Å². The van der Waals surface area contributed by atoms with Crippen molar-refractivity contribution in [1.82, 2.24) is 4.90 Å². The number of nitro groups is 1. The van der Waals surface area contributed by atoms with Gasteiger partial charge in [-0.05, 0) is 75.3 Å². The lowest BCUT2D eigenvalue weighted by atomic mass is 10.0. The van der Waals surface area contributed by atoms with E-state index in [0.717, 1.165) is 41.9 Å². The molecule has 0 spiro atoms. The maximum Gasteiger partial charge on any atom is 0.488 e. The fourth-order valence-electron chi connectivity index (χ4n) is 3.84. The van der Waals surface area contributed by atoms with E-state index in [0.29, 0.717) is 11.4 Å². The number of hydrogen-bond acceptors (Lipinski definition) is 11. The highest BCUT2D eigenvalue weighted by Crippen LogP contribution is 2.54. The van der Waals surface area contributed by atoms with Gasteiger partial charge in [-0.3, -0.25) is 19.2 Å². The third-order valence-corrected chi connectivity index (χ3v) is 8.35. The minimum Gasteiger partial charge on any atom is -0.497 e. The standard InChI is InChI=1S/C29H37N2O9PS/c1-5-38-41(34,40-42-28-17-15-25(16-18-28)31(32)33)39-22-37-27(20-30(2)3)21-36-29-12-7-6-10-24(29)14-13-23-9-8-11-26(19-23)35-4/h6-12,15-19,27H,5,13-14,20-22H2,1-4H3. The third-order valence-electron chi connectivity index (χ3n) is 5.86. The monoisotopic (exact) mass is 620 g/mol. The Balaban J connectivity index is 1.55. The second kappa shape index (κ2) is 17.2. The highest BCUT2D eigenvalue weighted by Gasteiger charge is 2.28. The molecular formula is C29H37N2O9PS. The lowest BCUT2D eigenvalue weighted by molar-refractivity contribution is -0.384. The first-order valence-electron chi connectivity index (χ1n) is 13.3. The molecule has 0 bridgehead atoms. The number of nitrogens with zero attached hydrogens (tertiary/aromatic N) is 2. The van der Waals surface area contributed by atoms with Gasteiger partial charge in [0.05, 0.1) is 18.6 Å². The van der Waals surface area contributed by atoms with Crippen LogP contribution < -0.4 is 9.47 Å². The average molecular weight is 621 g/mol. The van der Waals surface area contributed by atoms with Crippen LogP contribution >= 0.6 is 19.9 Å². The zero-order valence-corrected chi connectivity index (χ0v) is 25.9. The number of ether oxygens (including phenoxy) is 3. The van der Waals surface area contributed by atoms with Gasteiger partial charge < -0.3 is 19.1 Å². The van der Waals surface area contributed by atoms with Crippen molar-refractivity contribution in [2.45, 2.75) is 30.8 Å². The molecule has 0 saturated carbocycles. The van der Waals surface area contributed by atoms with Crippen LogP contribution in [0.5, 0.6) is 11.5 Å². The molecule has 0 radical (unpaired) electrons. The molecule has 0 aliphatic rings. The smallest absolute Gasteiger partial charge is 0.488 e. The Morgan fingerprint density at radius 2 is 1.76 bits per heavy atom. The summed E-state index contributed by atoms with van der Waals surface area (Å²) >= 11 is 0.740. The number of aryl methyl sites for hydroxylation is 2. The van der Waals surface area contributed by atoms with Crippen LogP contribution in [0.25, 0.3) is 0 Å². The van der Waals surface area contributed by atoms with Crippen molar-refractivity contribution in [2.75, 3.05) is 47.8 Å². The van der Waals surface area contributed by atoms with Crippen molar-refractivity contribution in [3.05, 3.63) is 94.0 Å². The molecule has 0 aliphatic carbocycles. The van der Waals surface area contributed by atoms with Crippen molar-refractivity contribution in [1.29, 1.82) is 0 Å². The molecule has 2 unspecified atom stereocenters. The van der Waals surface area contributed by atoms with Crippen LogP contribution in [-0.4, -0.2) is 63.7 Å². The summed E-state index contributed by atoms with van der Waals surface area (Å²) in [6.07, 6.45) is 1.20. The summed E-state index contributed by atoms with van der Waals surface area (Å²) in [7, 11) is 1.48. The van der Waals surface area contributed by atoms with Gasteiger partial charge in [-0.1, -0.05) is 30.3 Å². The van der Waals surface area contributed by atoms with Crippen molar-refractivity contribution >= 4 is 25.6 Å². The summed E-state index contributed by atoms with van der Waals surface area (Å²) < 4.78 is 46.5. The van der Waals surface area contributed by atoms with E-state index in [1.807, 2.05) is 61.5 Å². The number of non-ortho nitro benzene ring substituents is 1. The molecule has 0 aromatic heterocycles. The quantitative estimate of drug-likeness (QED) is 0.0477. The summed E-state index contributed by atoms with van der Waals surface area (Å²) in [5.74, 6) is 1.59. The van der Waals surface area contributed by atoms with E-state index < -0.39 is 18.8 Å². The number of phosphoric ester groups is 1. The Bertz CT molecular complexity index is 1310. The normalized spacial score (nSPS) is 13.5. The summed E-state index contributed by atoms with van der Waals surface area (Å²) in [6, 6.07) is 21.5. The fourth-order valence-corrected chi connectivity index (χ4v) is 5.72. The number of para-hydroxylation sites is 1. The molecule has 11 nitrogen and oxygen atoms in total. The number of methoxy groups -OCH3 is 1. The zero-order valence-electron chi connectivity index (χ0n) is 24.2. The number of benzene rings is 3. The summed E-state index contributed by atoms with van der Waals surface area (Å²) in [6.45, 7) is 2.12. The van der Waals surface area contributed by atoms with Crippen LogP contribution in [0.4, 0.5) is 5.69 Å². The first-order chi connectivity index (χ1) is 20.2. The number of likely N-dealkylation sites (N-methyl/N-ethyl adjacent to an activating group) is 1. The predicted molar refractivity (Wildman–Crippen MR) is 161 cm³/mol. The number of nitro benzene ring substituents is 1. The fraction of sp³-hybridized carbons (Fsp3) is 0.379. The Morgan fingerprint density at radius 3 is 2.45 bits per heavy atom. The minimum absolute atomic E-state index is 0.0642. The largest absolute Gasteiger partial charge is 0.497 e. The molecule has 0 saturated heterocycles. The van der Waals surface area contributed by atoms with Gasteiger partial charge in [-0.15, -0.1) is 0 Å². The van der Waals surface area contributed by atoms with E-state index in [2.05, 4.69) is 6.07 Å². The molecule has 3 rings (SSSR count). The maximum atomic E-state index is 13.1. The Morgan fingerprint density at radius 1 is 1.00 bits per heavy atom. The molecule has 42 heavy (non-hydrogen) atoms. The van der Waals surface area contributed by atoms with Crippen LogP contribution in [-0.2, 0) is 35.2 Å². The summed E-state index contributed by atoms with van der Waals surface area (Å²) in [5, 5.41) is 10.9. The Kier molecular flexibility index (Phi) is 13.8. The zero-order chi connectivity index (χ0) is 30.4. The topological polar surface area (TPSA) is 119 Å². The maximum absolute atomic E-state index is 13.1. The summed E-state index contributed by atoms with van der Waals surface area (Å²) in [5.41, 5.74) is 2.17. The van der Waals surface area contributed by atoms with Crippen LogP contribution in [0.15, 0.2) is 77.7 Å². The number of phosphoric acid groups is 1. The molecule has 0 fully saturated rings. The highest BCUT2D eigenvalue weighted by molar-refractivity contribution is 7.98. The molecule has 0 heterocycles. The SMILES string of the molecule is CCOP(=O)(OCOC(COc1ccccc1CCc1cccc(OC)c1)CN(C)C)OSc1ccc([N+](=O)[O-])cc1. The summed E-state index contributed by atoms with van der Waals surface area (Å²) in [4.78, 5) is 12.8. The lowest BCUT2D eigenvalue weighted by Gasteiger charge is -2.23. The van der Waals surface area contributed by atoms with E-state index in [1.54, 1.807) is 14.0 Å². The van der Waals surface area contributed by atoms with Gasteiger partial charge in [0.25, 0.3) is 5.69 Å². The van der Waals surface area contributed by atoms with Crippen LogP contribution in [0.2, 0.25) is 0 Å². The first kappa shape index (κ1) is 33.5. The van der Waals surface area contributed by atoms with Gasteiger partial charge in [-0.2, -0.15) is 0 Å². The van der Waals surface area contributed by atoms with Gasteiger partial charge in [0.2, 0.25) is 0 Å². The second-order valence-corrected chi connectivity index (χ2v) is 12.0. The molecule has 0 aliphatic heterocycles. The molecule has 3 aromatic rings. The molecule has 3 aromatic carbocycles. The van der Waals surface area contributed by atoms with E-state index >= 15 is 0 Å². The third kappa shape index (κ3) is 11.4. The Hall–Kier alpha value is -2.96. The first-order valence-corrected chi connectivity index (χ1v) is 15.5. The number of rotatable bonds is 19. The second-order valence-electron chi connectivity index (χ2n) is 9.34. The molecular weight excluding hydrogens is 583 g/mol. The molecule has 0 amide bonds. The molecule has 228 valence electrons. The molecule has 0 N–H and O–H groups in total. The Labute approximate surface area is 251 Å². The minimum atomic E-state index is -3.99. The van der Waals surface area contributed by atoms with E-state index in [1.165, 1.54) is 29.8 Å². The molecule has 2 atom stereocenters. The van der Waals surface area contributed by atoms with Gasteiger partial charge in [0, 0.05) is 35.6 Å². The highest BCUT2D eigenvalue weighted by atomic mass is 32.2. The van der Waals surface area contributed by atoms with Crippen molar-refractivity contribution in [2.24, 2.45) is 0 Å². The molecule has 13 heteroatoms. The van der Waals surface area contributed by atoms with Gasteiger partial charge in [-0.25, -0.2) is 8.54 Å².